The molecule has 0 amide bonds. The molecule has 0 radical (unpaired) electrons. The van der Waals surface area contributed by atoms with E-state index in [1.54, 1.807) is 0 Å². The van der Waals surface area contributed by atoms with Crippen LogP contribution < -0.4 is 5.32 Å². The molecular weight excluding hydrogens is 202 g/mol. The van der Waals surface area contributed by atoms with E-state index in [1.165, 1.54) is 19.3 Å². The maximum atomic E-state index is 10.3. The van der Waals surface area contributed by atoms with Crippen molar-refractivity contribution in [3.8, 4) is 0 Å². The van der Waals surface area contributed by atoms with Crippen LogP contribution in [0.3, 0.4) is 0 Å². The molecule has 2 N–H and O–H groups in total. The highest BCUT2D eigenvalue weighted by Crippen LogP contribution is 2.08. The molecule has 0 bridgehead atoms. The normalized spacial score (nSPS) is 13.0. The molecular formula is C13H27NO2. The summed E-state index contributed by atoms with van der Waals surface area (Å²) in [5, 5.41) is 11.9. The van der Waals surface area contributed by atoms with Gasteiger partial charge in [-0.1, -0.05) is 26.7 Å². The van der Waals surface area contributed by atoms with Crippen LogP contribution in [0.5, 0.6) is 0 Å². The van der Waals surface area contributed by atoms with E-state index in [9.17, 15) is 4.79 Å². The lowest BCUT2D eigenvalue weighted by Gasteiger charge is -2.14. The van der Waals surface area contributed by atoms with Gasteiger partial charge in [0.25, 0.3) is 0 Å². The molecule has 1 unspecified atom stereocenters. The summed E-state index contributed by atoms with van der Waals surface area (Å²) in [7, 11) is 0. The Morgan fingerprint density at radius 1 is 1.12 bits per heavy atom. The van der Waals surface area contributed by atoms with Gasteiger partial charge in [0.2, 0.25) is 0 Å². The number of nitrogens with one attached hydrogen (secondary N) is 1. The lowest BCUT2D eigenvalue weighted by molar-refractivity contribution is -0.137. The summed E-state index contributed by atoms with van der Waals surface area (Å²) >= 11 is 0. The van der Waals surface area contributed by atoms with E-state index in [0.29, 0.717) is 12.5 Å². The third-order valence-corrected chi connectivity index (χ3v) is 2.73. The van der Waals surface area contributed by atoms with Gasteiger partial charge in [-0.3, -0.25) is 4.79 Å². The second kappa shape index (κ2) is 9.64. The highest BCUT2D eigenvalue weighted by Gasteiger charge is 2.02. The summed E-state index contributed by atoms with van der Waals surface area (Å²) in [5.41, 5.74) is 0. The zero-order chi connectivity index (χ0) is 12.4. The van der Waals surface area contributed by atoms with Gasteiger partial charge in [-0.25, -0.2) is 0 Å². The molecule has 3 heteroatoms. The highest BCUT2D eigenvalue weighted by molar-refractivity contribution is 5.66. The first-order valence-corrected chi connectivity index (χ1v) is 6.47. The molecule has 0 rings (SSSR count). The third-order valence-electron chi connectivity index (χ3n) is 2.73. The third kappa shape index (κ3) is 11.5. The number of aliphatic carboxylic acids is 1. The van der Waals surface area contributed by atoms with Crippen LogP contribution in [-0.4, -0.2) is 23.7 Å². The van der Waals surface area contributed by atoms with Crippen molar-refractivity contribution in [1.82, 2.24) is 5.32 Å². The summed E-state index contributed by atoms with van der Waals surface area (Å²) in [6, 6.07) is 0.559. The Kier molecular flexibility index (Phi) is 9.30. The lowest BCUT2D eigenvalue weighted by Crippen LogP contribution is -2.27. The molecule has 96 valence electrons. The molecule has 1 atom stereocenters. The smallest absolute Gasteiger partial charge is 0.303 e. The monoisotopic (exact) mass is 229 g/mol. The molecule has 3 nitrogen and oxygen atoms in total. The average Bonchev–Trinajstić information content (AvgIpc) is 2.16. The molecule has 0 aromatic heterocycles. The van der Waals surface area contributed by atoms with Gasteiger partial charge in [-0.05, 0) is 38.6 Å². The van der Waals surface area contributed by atoms with Gasteiger partial charge >= 0.3 is 5.97 Å². The van der Waals surface area contributed by atoms with Crippen LogP contribution in [0, 0.1) is 5.92 Å². The van der Waals surface area contributed by atoms with E-state index in [-0.39, 0.29) is 0 Å². The fourth-order valence-electron chi connectivity index (χ4n) is 1.68. The number of rotatable bonds is 10. The van der Waals surface area contributed by atoms with Gasteiger partial charge in [0.1, 0.15) is 0 Å². The molecule has 0 heterocycles. The zero-order valence-corrected chi connectivity index (χ0v) is 11.0. The van der Waals surface area contributed by atoms with Crippen molar-refractivity contribution in [3.63, 3.8) is 0 Å². The van der Waals surface area contributed by atoms with Crippen molar-refractivity contribution < 1.29 is 9.90 Å². The van der Waals surface area contributed by atoms with Crippen molar-refractivity contribution in [2.75, 3.05) is 6.54 Å². The Morgan fingerprint density at radius 3 is 2.38 bits per heavy atom. The highest BCUT2D eigenvalue weighted by atomic mass is 16.4. The Bertz CT molecular complexity index is 181. The summed E-state index contributed by atoms with van der Waals surface area (Å²) < 4.78 is 0. The molecule has 0 aliphatic carbocycles. The van der Waals surface area contributed by atoms with Crippen LogP contribution in [0.25, 0.3) is 0 Å². The minimum Gasteiger partial charge on any atom is -0.481 e. The molecule has 16 heavy (non-hydrogen) atoms. The zero-order valence-electron chi connectivity index (χ0n) is 11.0. The van der Waals surface area contributed by atoms with Gasteiger partial charge in [-0.2, -0.15) is 0 Å². The van der Waals surface area contributed by atoms with Gasteiger partial charge in [-0.15, -0.1) is 0 Å². The van der Waals surface area contributed by atoms with Gasteiger partial charge < -0.3 is 10.4 Å². The van der Waals surface area contributed by atoms with E-state index in [1.807, 2.05) is 0 Å². The topological polar surface area (TPSA) is 49.3 Å². The Morgan fingerprint density at radius 2 is 1.81 bits per heavy atom. The van der Waals surface area contributed by atoms with Crippen LogP contribution in [0.15, 0.2) is 0 Å². The van der Waals surface area contributed by atoms with Crippen molar-refractivity contribution in [2.24, 2.45) is 5.92 Å². The van der Waals surface area contributed by atoms with E-state index in [4.69, 9.17) is 5.11 Å². The Labute approximate surface area is 99.6 Å². The molecule has 0 aromatic rings. The SMILES string of the molecule is CC(C)CCCC(C)NCCCCC(=O)O. The van der Waals surface area contributed by atoms with E-state index >= 15 is 0 Å². The van der Waals surface area contributed by atoms with Crippen molar-refractivity contribution >= 4 is 5.97 Å². The molecule has 0 spiro atoms. The van der Waals surface area contributed by atoms with E-state index in [0.717, 1.165) is 25.3 Å². The predicted molar refractivity (Wildman–Crippen MR) is 67.6 cm³/mol. The van der Waals surface area contributed by atoms with Crippen LogP contribution in [0.4, 0.5) is 0 Å². The second-order valence-corrected chi connectivity index (χ2v) is 5.03. The first kappa shape index (κ1) is 15.4. The van der Waals surface area contributed by atoms with Crippen LogP contribution in [0.2, 0.25) is 0 Å². The van der Waals surface area contributed by atoms with Crippen LogP contribution in [0.1, 0.15) is 59.3 Å². The molecule has 0 aromatic carbocycles. The minimum absolute atomic E-state index is 0.295. The number of unbranched alkanes of at least 4 members (excludes halogenated alkanes) is 1. The molecule has 0 saturated carbocycles. The molecule has 0 aliphatic heterocycles. The van der Waals surface area contributed by atoms with Crippen molar-refractivity contribution in [2.45, 2.75) is 65.3 Å². The number of carbonyl (C=O) groups is 1. The van der Waals surface area contributed by atoms with Gasteiger partial charge in [0.05, 0.1) is 0 Å². The summed E-state index contributed by atoms with van der Waals surface area (Å²) in [4.78, 5) is 10.3. The maximum absolute atomic E-state index is 10.3. The maximum Gasteiger partial charge on any atom is 0.303 e. The average molecular weight is 229 g/mol. The fourth-order valence-corrected chi connectivity index (χ4v) is 1.68. The Hall–Kier alpha value is -0.570. The second-order valence-electron chi connectivity index (χ2n) is 5.03. The number of carboxylic acids is 1. The van der Waals surface area contributed by atoms with Gasteiger partial charge in [0, 0.05) is 12.5 Å². The first-order chi connectivity index (χ1) is 7.52. The van der Waals surface area contributed by atoms with Crippen molar-refractivity contribution in [1.29, 1.82) is 0 Å². The quantitative estimate of drug-likeness (QED) is 0.566. The standard InChI is InChI=1S/C13H27NO2/c1-11(2)7-6-8-12(3)14-10-5-4-9-13(15)16/h11-12,14H,4-10H2,1-3H3,(H,15,16). The minimum atomic E-state index is -0.690. The molecule has 0 fully saturated rings. The number of hydrogen-bond donors (Lipinski definition) is 2. The van der Waals surface area contributed by atoms with Gasteiger partial charge in [0.15, 0.2) is 0 Å². The first-order valence-electron chi connectivity index (χ1n) is 6.47. The van der Waals surface area contributed by atoms with Crippen LogP contribution >= 0.6 is 0 Å². The van der Waals surface area contributed by atoms with Crippen LogP contribution in [-0.2, 0) is 4.79 Å². The largest absolute Gasteiger partial charge is 0.481 e. The number of carboxylic acid groups (broad SMARTS) is 1. The molecule has 0 aliphatic rings. The lowest BCUT2D eigenvalue weighted by atomic mass is 10.0. The summed E-state index contributed by atoms with van der Waals surface area (Å²) in [5.74, 6) is 0.104. The van der Waals surface area contributed by atoms with E-state index in [2.05, 4.69) is 26.1 Å². The summed E-state index contributed by atoms with van der Waals surface area (Å²) in [6.07, 6.45) is 5.83. The Balaban J connectivity index is 3.23. The fraction of sp³-hybridized carbons (Fsp3) is 0.923. The van der Waals surface area contributed by atoms with E-state index < -0.39 is 5.97 Å². The number of hydrogen-bond acceptors (Lipinski definition) is 2. The summed E-state index contributed by atoms with van der Waals surface area (Å²) in [6.45, 7) is 7.65. The molecule has 0 saturated heterocycles. The van der Waals surface area contributed by atoms with Crippen molar-refractivity contribution in [3.05, 3.63) is 0 Å². The predicted octanol–water partition coefficient (Wildman–Crippen LogP) is 3.05.